The fraction of sp³-hybridized carbons (Fsp3) is 0.538. The quantitative estimate of drug-likeness (QED) is 0.768. The first-order chi connectivity index (χ1) is 7.35. The highest BCUT2D eigenvalue weighted by Gasteiger charge is 2.18. The van der Waals surface area contributed by atoms with E-state index in [1.54, 1.807) is 10.4 Å². The van der Waals surface area contributed by atoms with Crippen LogP contribution in [-0.2, 0) is 12.8 Å². The average molecular weight is 219 g/mol. The molecule has 0 spiro atoms. The number of hydrogen-bond donors (Lipinski definition) is 1. The van der Waals surface area contributed by atoms with E-state index in [4.69, 9.17) is 6.42 Å². The van der Waals surface area contributed by atoms with Crippen LogP contribution in [0.4, 0.5) is 0 Å². The summed E-state index contributed by atoms with van der Waals surface area (Å²) in [5.41, 5.74) is 1.56. The molecule has 0 aromatic carbocycles. The Morgan fingerprint density at radius 2 is 2.47 bits per heavy atom. The second-order valence-electron chi connectivity index (χ2n) is 3.97. The number of rotatable bonds is 4. The van der Waals surface area contributed by atoms with Crippen molar-refractivity contribution in [3.8, 4) is 12.3 Å². The molecule has 1 unspecified atom stereocenters. The number of fused-ring (bicyclic) bond motifs is 1. The molecule has 0 saturated carbocycles. The fourth-order valence-corrected chi connectivity index (χ4v) is 3.49. The summed E-state index contributed by atoms with van der Waals surface area (Å²) in [6.45, 7) is 3.11. The molecule has 0 fully saturated rings. The minimum absolute atomic E-state index is 0.371. The molecule has 0 bridgehead atoms. The van der Waals surface area contributed by atoms with Crippen molar-refractivity contribution >= 4 is 11.3 Å². The molecule has 0 aliphatic heterocycles. The van der Waals surface area contributed by atoms with Crippen LogP contribution < -0.4 is 5.32 Å². The lowest BCUT2D eigenvalue weighted by Gasteiger charge is -2.12. The van der Waals surface area contributed by atoms with E-state index in [-0.39, 0.29) is 0 Å². The van der Waals surface area contributed by atoms with Crippen LogP contribution in [0.2, 0.25) is 0 Å². The molecule has 0 saturated heterocycles. The Kier molecular flexibility index (Phi) is 3.45. The van der Waals surface area contributed by atoms with Gasteiger partial charge in [-0.2, -0.15) is 0 Å². The lowest BCUT2D eigenvalue weighted by molar-refractivity contribution is 0.573. The van der Waals surface area contributed by atoms with E-state index in [2.05, 4.69) is 24.2 Å². The lowest BCUT2D eigenvalue weighted by atomic mass is 10.1. The van der Waals surface area contributed by atoms with Gasteiger partial charge in [0.25, 0.3) is 0 Å². The highest BCUT2D eigenvalue weighted by molar-refractivity contribution is 7.12. The first-order valence-corrected chi connectivity index (χ1v) is 6.45. The molecular weight excluding hydrogens is 202 g/mol. The standard InChI is InChI=1S/C13H17NS/c1-3-6-11(14-4-2)13-9-10-7-5-8-12(10)15-13/h1,9,11,14H,4-8H2,2H3. The van der Waals surface area contributed by atoms with Crippen molar-refractivity contribution in [2.75, 3.05) is 6.54 Å². The normalized spacial score (nSPS) is 16.0. The summed E-state index contributed by atoms with van der Waals surface area (Å²) in [4.78, 5) is 3.02. The number of hydrogen-bond acceptors (Lipinski definition) is 2. The Balaban J connectivity index is 2.15. The second-order valence-corrected chi connectivity index (χ2v) is 5.14. The molecule has 80 valence electrons. The summed E-state index contributed by atoms with van der Waals surface area (Å²) in [6.07, 6.45) is 10.1. The van der Waals surface area contributed by atoms with Gasteiger partial charge in [-0.25, -0.2) is 0 Å². The molecule has 1 N–H and O–H groups in total. The molecule has 1 aromatic rings. The van der Waals surface area contributed by atoms with Crippen LogP contribution in [0.15, 0.2) is 6.07 Å². The zero-order chi connectivity index (χ0) is 10.7. The minimum Gasteiger partial charge on any atom is -0.309 e. The summed E-state index contributed by atoms with van der Waals surface area (Å²) in [5.74, 6) is 2.76. The van der Waals surface area contributed by atoms with Crippen molar-refractivity contribution in [2.45, 2.75) is 38.6 Å². The van der Waals surface area contributed by atoms with Crippen molar-refractivity contribution in [3.63, 3.8) is 0 Å². The molecule has 1 nitrogen and oxygen atoms in total. The molecule has 1 aliphatic rings. The van der Waals surface area contributed by atoms with Crippen LogP contribution in [-0.4, -0.2) is 6.54 Å². The van der Waals surface area contributed by atoms with Crippen LogP contribution in [0.3, 0.4) is 0 Å². The smallest absolute Gasteiger partial charge is 0.0525 e. The summed E-state index contributed by atoms with van der Waals surface area (Å²) in [7, 11) is 0. The third-order valence-corrected chi connectivity index (χ3v) is 4.23. The zero-order valence-corrected chi connectivity index (χ0v) is 9.99. The van der Waals surface area contributed by atoms with Gasteiger partial charge < -0.3 is 5.32 Å². The molecule has 2 rings (SSSR count). The zero-order valence-electron chi connectivity index (χ0n) is 9.18. The van der Waals surface area contributed by atoms with Gasteiger partial charge in [-0.3, -0.25) is 0 Å². The maximum Gasteiger partial charge on any atom is 0.0525 e. The van der Waals surface area contributed by atoms with E-state index < -0.39 is 0 Å². The summed E-state index contributed by atoms with van der Waals surface area (Å²) < 4.78 is 0. The van der Waals surface area contributed by atoms with E-state index in [1.807, 2.05) is 11.3 Å². The monoisotopic (exact) mass is 219 g/mol. The van der Waals surface area contributed by atoms with E-state index >= 15 is 0 Å². The van der Waals surface area contributed by atoms with Crippen LogP contribution >= 0.6 is 11.3 Å². The SMILES string of the molecule is C#CCC(NCC)c1cc2c(s1)CCC2. The highest BCUT2D eigenvalue weighted by Crippen LogP contribution is 2.34. The van der Waals surface area contributed by atoms with E-state index in [0.29, 0.717) is 6.04 Å². The molecule has 1 heterocycles. The largest absolute Gasteiger partial charge is 0.309 e. The first-order valence-electron chi connectivity index (χ1n) is 5.63. The lowest BCUT2D eigenvalue weighted by Crippen LogP contribution is -2.19. The second kappa shape index (κ2) is 4.83. The average Bonchev–Trinajstić information content (AvgIpc) is 2.76. The molecule has 1 atom stereocenters. The maximum atomic E-state index is 5.40. The minimum atomic E-state index is 0.371. The van der Waals surface area contributed by atoms with Crippen molar-refractivity contribution in [2.24, 2.45) is 0 Å². The fourth-order valence-electron chi connectivity index (χ4n) is 2.16. The van der Waals surface area contributed by atoms with E-state index in [9.17, 15) is 0 Å². The van der Waals surface area contributed by atoms with Crippen LogP contribution in [0.5, 0.6) is 0 Å². The molecular formula is C13H17NS. The van der Waals surface area contributed by atoms with Crippen molar-refractivity contribution < 1.29 is 0 Å². The van der Waals surface area contributed by atoms with Gasteiger partial charge in [-0.05, 0) is 37.4 Å². The molecule has 15 heavy (non-hydrogen) atoms. The summed E-state index contributed by atoms with van der Waals surface area (Å²) >= 11 is 1.95. The summed E-state index contributed by atoms with van der Waals surface area (Å²) in [6, 6.07) is 2.73. The third kappa shape index (κ3) is 2.25. The maximum absolute atomic E-state index is 5.40. The molecule has 2 heteroatoms. The Bertz CT molecular complexity index is 351. The van der Waals surface area contributed by atoms with Crippen LogP contribution in [0.25, 0.3) is 0 Å². The highest BCUT2D eigenvalue weighted by atomic mass is 32.1. The van der Waals surface area contributed by atoms with Crippen LogP contribution in [0.1, 0.15) is 41.1 Å². The van der Waals surface area contributed by atoms with Gasteiger partial charge in [0.05, 0.1) is 6.04 Å². The van der Waals surface area contributed by atoms with Gasteiger partial charge in [-0.15, -0.1) is 23.7 Å². The predicted octanol–water partition coefficient (Wildman–Crippen LogP) is 2.91. The number of terminal acetylenes is 1. The Hall–Kier alpha value is -0.780. The van der Waals surface area contributed by atoms with Gasteiger partial charge in [0.1, 0.15) is 0 Å². The van der Waals surface area contributed by atoms with E-state index in [0.717, 1.165) is 13.0 Å². The number of nitrogens with one attached hydrogen (secondary N) is 1. The Morgan fingerprint density at radius 1 is 1.60 bits per heavy atom. The van der Waals surface area contributed by atoms with Crippen molar-refractivity contribution in [3.05, 3.63) is 21.4 Å². The van der Waals surface area contributed by atoms with Gasteiger partial charge in [-0.1, -0.05) is 6.92 Å². The Morgan fingerprint density at radius 3 is 3.13 bits per heavy atom. The number of thiophene rings is 1. The summed E-state index contributed by atoms with van der Waals surface area (Å²) in [5, 5.41) is 3.46. The van der Waals surface area contributed by atoms with Gasteiger partial charge >= 0.3 is 0 Å². The van der Waals surface area contributed by atoms with Crippen molar-refractivity contribution in [1.82, 2.24) is 5.32 Å². The molecule has 0 amide bonds. The van der Waals surface area contributed by atoms with E-state index in [1.165, 1.54) is 24.1 Å². The molecule has 1 aromatic heterocycles. The topological polar surface area (TPSA) is 12.0 Å². The molecule has 0 radical (unpaired) electrons. The van der Waals surface area contributed by atoms with Crippen LogP contribution in [0, 0.1) is 12.3 Å². The van der Waals surface area contributed by atoms with Gasteiger partial charge in [0, 0.05) is 16.2 Å². The first kappa shape index (κ1) is 10.7. The van der Waals surface area contributed by atoms with Gasteiger partial charge in [0.15, 0.2) is 0 Å². The Labute approximate surface area is 95.9 Å². The van der Waals surface area contributed by atoms with Crippen molar-refractivity contribution in [1.29, 1.82) is 0 Å². The number of aryl methyl sites for hydroxylation is 2. The predicted molar refractivity (Wildman–Crippen MR) is 66.2 cm³/mol. The molecule has 1 aliphatic carbocycles. The van der Waals surface area contributed by atoms with Gasteiger partial charge in [0.2, 0.25) is 0 Å². The third-order valence-electron chi connectivity index (χ3n) is 2.88.